The van der Waals surface area contributed by atoms with Crippen LogP contribution >= 0.6 is 15.9 Å². The van der Waals surface area contributed by atoms with Crippen molar-refractivity contribution in [1.82, 2.24) is 0 Å². The number of nitrogens with one attached hydrogen (secondary N) is 1. The molecule has 2 aromatic rings. The van der Waals surface area contributed by atoms with E-state index < -0.39 is 0 Å². The van der Waals surface area contributed by atoms with Gasteiger partial charge in [-0.05, 0) is 40.2 Å². The van der Waals surface area contributed by atoms with E-state index in [1.165, 1.54) is 0 Å². The normalized spacial score (nSPS) is 9.78. The van der Waals surface area contributed by atoms with Crippen LogP contribution in [0.4, 0.5) is 5.69 Å². The third-order valence-electron chi connectivity index (χ3n) is 2.56. The standard InChI is InChI=1S/C14H11BrN2O/c15-13-7-12(6-5-10(13)8-16)17-9-11-3-1-2-4-14(11)18/h1-7,17-18H,9H2. The molecule has 2 aromatic carbocycles. The van der Waals surface area contributed by atoms with Crippen molar-refractivity contribution in [3.05, 3.63) is 58.1 Å². The minimum Gasteiger partial charge on any atom is -0.508 e. The van der Waals surface area contributed by atoms with Gasteiger partial charge in [-0.1, -0.05) is 18.2 Å². The number of rotatable bonds is 3. The number of hydrogen-bond donors (Lipinski definition) is 2. The van der Waals surface area contributed by atoms with Crippen LogP contribution in [0.2, 0.25) is 0 Å². The fourth-order valence-corrected chi connectivity index (χ4v) is 2.04. The number of phenols is 1. The quantitative estimate of drug-likeness (QED) is 0.910. The SMILES string of the molecule is N#Cc1ccc(NCc2ccccc2O)cc1Br. The van der Waals surface area contributed by atoms with Crippen LogP contribution in [0, 0.1) is 11.3 Å². The topological polar surface area (TPSA) is 56.0 Å². The van der Waals surface area contributed by atoms with Crippen LogP contribution in [0.25, 0.3) is 0 Å². The summed E-state index contributed by atoms with van der Waals surface area (Å²) >= 11 is 3.34. The first kappa shape index (κ1) is 12.5. The van der Waals surface area contributed by atoms with Crippen LogP contribution in [0.1, 0.15) is 11.1 Å². The Labute approximate surface area is 114 Å². The maximum absolute atomic E-state index is 9.63. The summed E-state index contributed by atoms with van der Waals surface area (Å²) in [6.07, 6.45) is 0. The van der Waals surface area contributed by atoms with Crippen LogP contribution in [0.5, 0.6) is 5.75 Å². The van der Waals surface area contributed by atoms with Crippen molar-refractivity contribution < 1.29 is 5.11 Å². The van der Waals surface area contributed by atoms with Gasteiger partial charge in [0.15, 0.2) is 0 Å². The van der Waals surface area contributed by atoms with Gasteiger partial charge in [-0.3, -0.25) is 0 Å². The van der Waals surface area contributed by atoms with E-state index in [2.05, 4.69) is 27.3 Å². The smallest absolute Gasteiger partial charge is 0.120 e. The minimum atomic E-state index is 0.276. The maximum Gasteiger partial charge on any atom is 0.120 e. The Bertz CT molecular complexity index is 605. The Kier molecular flexibility index (Phi) is 3.85. The lowest BCUT2D eigenvalue weighted by Crippen LogP contribution is -1.99. The molecule has 0 saturated carbocycles. The zero-order valence-electron chi connectivity index (χ0n) is 9.52. The van der Waals surface area contributed by atoms with Gasteiger partial charge in [0, 0.05) is 22.3 Å². The summed E-state index contributed by atoms with van der Waals surface area (Å²) < 4.78 is 0.757. The van der Waals surface area contributed by atoms with Gasteiger partial charge in [0.25, 0.3) is 0 Å². The Hall–Kier alpha value is -1.99. The Morgan fingerprint density at radius 1 is 1.22 bits per heavy atom. The molecule has 0 aliphatic rings. The molecule has 0 atom stereocenters. The molecule has 0 fully saturated rings. The number of para-hydroxylation sites is 1. The molecule has 3 nitrogen and oxygen atoms in total. The molecule has 90 valence electrons. The molecule has 4 heteroatoms. The molecule has 0 bridgehead atoms. The van der Waals surface area contributed by atoms with E-state index in [4.69, 9.17) is 5.26 Å². The number of hydrogen-bond acceptors (Lipinski definition) is 3. The number of nitrogens with zero attached hydrogens (tertiary/aromatic N) is 1. The molecule has 0 unspecified atom stereocenters. The first-order valence-electron chi connectivity index (χ1n) is 5.41. The van der Waals surface area contributed by atoms with Crippen LogP contribution in [0.3, 0.4) is 0 Å². The largest absolute Gasteiger partial charge is 0.508 e. The lowest BCUT2D eigenvalue weighted by Gasteiger charge is -2.08. The van der Waals surface area contributed by atoms with Crippen molar-refractivity contribution in [3.8, 4) is 11.8 Å². The zero-order valence-corrected chi connectivity index (χ0v) is 11.1. The van der Waals surface area contributed by atoms with Crippen LogP contribution in [0.15, 0.2) is 46.9 Å². The molecule has 2 N–H and O–H groups in total. The average Bonchev–Trinajstić information content (AvgIpc) is 2.38. The third kappa shape index (κ3) is 2.82. The molecule has 0 spiro atoms. The molecule has 0 saturated heterocycles. The fraction of sp³-hybridized carbons (Fsp3) is 0.0714. The van der Waals surface area contributed by atoms with Gasteiger partial charge in [-0.25, -0.2) is 0 Å². The second kappa shape index (κ2) is 5.56. The highest BCUT2D eigenvalue weighted by molar-refractivity contribution is 9.10. The van der Waals surface area contributed by atoms with E-state index in [9.17, 15) is 5.11 Å². The molecule has 18 heavy (non-hydrogen) atoms. The van der Waals surface area contributed by atoms with Gasteiger partial charge in [-0.2, -0.15) is 5.26 Å². The van der Waals surface area contributed by atoms with E-state index in [1.54, 1.807) is 18.2 Å². The predicted octanol–water partition coefficient (Wildman–Crippen LogP) is 3.64. The van der Waals surface area contributed by atoms with Crippen molar-refractivity contribution in [1.29, 1.82) is 5.26 Å². The highest BCUT2D eigenvalue weighted by atomic mass is 79.9. The number of anilines is 1. The van der Waals surface area contributed by atoms with Gasteiger partial charge in [0.2, 0.25) is 0 Å². The molecule has 0 aliphatic heterocycles. The summed E-state index contributed by atoms with van der Waals surface area (Å²) in [6.45, 7) is 0.533. The number of halogens is 1. The molecule has 0 amide bonds. The number of phenolic OH excluding ortho intramolecular Hbond substituents is 1. The monoisotopic (exact) mass is 302 g/mol. The molecule has 0 aliphatic carbocycles. The van der Waals surface area contributed by atoms with Crippen LogP contribution < -0.4 is 5.32 Å². The van der Waals surface area contributed by atoms with E-state index in [-0.39, 0.29) is 5.75 Å². The Morgan fingerprint density at radius 3 is 2.67 bits per heavy atom. The summed E-state index contributed by atoms with van der Waals surface area (Å²) in [7, 11) is 0. The Morgan fingerprint density at radius 2 is 2.00 bits per heavy atom. The van der Waals surface area contributed by atoms with Crippen LogP contribution in [-0.2, 0) is 6.54 Å². The molecule has 0 heterocycles. The average molecular weight is 303 g/mol. The first-order valence-corrected chi connectivity index (χ1v) is 6.20. The van der Waals surface area contributed by atoms with Crippen LogP contribution in [-0.4, -0.2) is 5.11 Å². The van der Waals surface area contributed by atoms with Gasteiger partial charge >= 0.3 is 0 Å². The lowest BCUT2D eigenvalue weighted by atomic mass is 10.2. The fourth-order valence-electron chi connectivity index (χ4n) is 1.57. The van der Waals surface area contributed by atoms with Gasteiger partial charge in [0.1, 0.15) is 11.8 Å². The van der Waals surface area contributed by atoms with E-state index >= 15 is 0 Å². The second-order valence-electron chi connectivity index (χ2n) is 3.79. The van der Waals surface area contributed by atoms with Gasteiger partial charge < -0.3 is 10.4 Å². The highest BCUT2D eigenvalue weighted by Gasteiger charge is 2.02. The van der Waals surface area contributed by atoms with Crippen molar-refractivity contribution >= 4 is 21.6 Å². The summed E-state index contributed by atoms with van der Waals surface area (Å²) in [5, 5.41) is 21.6. The van der Waals surface area contributed by atoms with Gasteiger partial charge in [-0.15, -0.1) is 0 Å². The summed E-state index contributed by atoms with van der Waals surface area (Å²) in [6, 6.07) is 14.7. The summed E-state index contributed by atoms with van der Waals surface area (Å²) in [5.41, 5.74) is 2.32. The van der Waals surface area contributed by atoms with Gasteiger partial charge in [0.05, 0.1) is 5.56 Å². The zero-order chi connectivity index (χ0) is 13.0. The number of nitriles is 1. The molecule has 0 aromatic heterocycles. The minimum absolute atomic E-state index is 0.276. The molecule has 0 radical (unpaired) electrons. The first-order chi connectivity index (χ1) is 8.70. The predicted molar refractivity (Wildman–Crippen MR) is 74.3 cm³/mol. The highest BCUT2D eigenvalue weighted by Crippen LogP contribution is 2.22. The molecular weight excluding hydrogens is 292 g/mol. The summed E-state index contributed by atoms with van der Waals surface area (Å²) in [4.78, 5) is 0. The summed E-state index contributed by atoms with van der Waals surface area (Å²) in [5.74, 6) is 0.276. The van der Waals surface area contributed by atoms with E-state index in [1.807, 2.05) is 24.3 Å². The van der Waals surface area contributed by atoms with E-state index in [0.29, 0.717) is 12.1 Å². The van der Waals surface area contributed by atoms with Crippen molar-refractivity contribution in [2.75, 3.05) is 5.32 Å². The van der Waals surface area contributed by atoms with Crippen molar-refractivity contribution in [3.63, 3.8) is 0 Å². The molecule has 2 rings (SSSR count). The number of aromatic hydroxyl groups is 1. The lowest BCUT2D eigenvalue weighted by molar-refractivity contribution is 0.469. The number of benzene rings is 2. The Balaban J connectivity index is 2.10. The maximum atomic E-state index is 9.63. The third-order valence-corrected chi connectivity index (χ3v) is 3.22. The molecular formula is C14H11BrN2O. The van der Waals surface area contributed by atoms with E-state index in [0.717, 1.165) is 15.7 Å². The van der Waals surface area contributed by atoms with Crippen molar-refractivity contribution in [2.24, 2.45) is 0 Å². The second-order valence-corrected chi connectivity index (χ2v) is 4.64. The van der Waals surface area contributed by atoms with Crippen molar-refractivity contribution in [2.45, 2.75) is 6.54 Å².